The van der Waals surface area contributed by atoms with Crippen molar-refractivity contribution in [1.29, 1.82) is 0 Å². The van der Waals surface area contributed by atoms with Crippen LogP contribution in [-0.2, 0) is 0 Å². The Labute approximate surface area is 102 Å². The van der Waals surface area contributed by atoms with Gasteiger partial charge in [0.2, 0.25) is 0 Å². The van der Waals surface area contributed by atoms with Gasteiger partial charge in [-0.3, -0.25) is 5.10 Å². The van der Waals surface area contributed by atoms with Crippen molar-refractivity contribution in [1.82, 2.24) is 15.2 Å². The van der Waals surface area contributed by atoms with Crippen molar-refractivity contribution in [3.63, 3.8) is 0 Å². The van der Waals surface area contributed by atoms with Gasteiger partial charge in [-0.2, -0.15) is 5.10 Å². The van der Waals surface area contributed by atoms with Crippen molar-refractivity contribution in [2.45, 2.75) is 13.8 Å². The Morgan fingerprint density at radius 1 is 1.29 bits per heavy atom. The largest absolute Gasteiger partial charge is 0.508 e. The van der Waals surface area contributed by atoms with Crippen molar-refractivity contribution >= 4 is 33.5 Å². The molecule has 0 bridgehead atoms. The number of benzene rings is 1. The summed E-state index contributed by atoms with van der Waals surface area (Å²) in [6.45, 7) is 3.76. The van der Waals surface area contributed by atoms with Crippen LogP contribution >= 0.6 is 11.6 Å². The molecule has 0 atom stereocenters. The number of pyridine rings is 1. The van der Waals surface area contributed by atoms with Gasteiger partial charge >= 0.3 is 0 Å². The summed E-state index contributed by atoms with van der Waals surface area (Å²) >= 11 is 6.35. The van der Waals surface area contributed by atoms with Crippen LogP contribution < -0.4 is 0 Å². The zero-order valence-corrected chi connectivity index (χ0v) is 10.1. The van der Waals surface area contributed by atoms with Gasteiger partial charge in [0, 0.05) is 5.39 Å². The van der Waals surface area contributed by atoms with E-state index in [0.29, 0.717) is 10.7 Å². The van der Waals surface area contributed by atoms with E-state index in [1.54, 1.807) is 12.1 Å². The number of aryl methyl sites for hydroxylation is 2. The number of aromatic hydroxyl groups is 1. The minimum absolute atomic E-state index is 0.194. The Hall–Kier alpha value is -1.81. The van der Waals surface area contributed by atoms with E-state index in [2.05, 4.69) is 15.2 Å². The molecule has 86 valence electrons. The Morgan fingerprint density at radius 2 is 2.06 bits per heavy atom. The Morgan fingerprint density at radius 3 is 2.82 bits per heavy atom. The van der Waals surface area contributed by atoms with E-state index >= 15 is 0 Å². The van der Waals surface area contributed by atoms with Gasteiger partial charge < -0.3 is 5.11 Å². The fraction of sp³-hybridized carbons (Fsp3) is 0.167. The third-order valence-corrected chi connectivity index (χ3v) is 3.29. The van der Waals surface area contributed by atoms with Crippen molar-refractivity contribution in [2.24, 2.45) is 0 Å². The lowest BCUT2D eigenvalue weighted by atomic mass is 10.1. The predicted octanol–water partition coefficient (Wildman–Crippen LogP) is 3.09. The quantitative estimate of drug-likeness (QED) is 0.642. The number of hydrogen-bond donors (Lipinski definition) is 2. The second kappa shape index (κ2) is 3.34. The molecule has 3 aromatic rings. The lowest BCUT2D eigenvalue weighted by Gasteiger charge is -2.05. The topological polar surface area (TPSA) is 61.8 Å². The maximum Gasteiger partial charge on any atom is 0.157 e. The molecule has 17 heavy (non-hydrogen) atoms. The summed E-state index contributed by atoms with van der Waals surface area (Å²) in [6.07, 6.45) is 0. The number of aromatic nitrogens is 3. The predicted molar refractivity (Wildman–Crippen MR) is 67.5 cm³/mol. The minimum atomic E-state index is 0.194. The molecule has 2 N–H and O–H groups in total. The first kappa shape index (κ1) is 10.4. The van der Waals surface area contributed by atoms with E-state index in [9.17, 15) is 5.11 Å². The van der Waals surface area contributed by atoms with Gasteiger partial charge in [-0.15, -0.1) is 0 Å². The summed E-state index contributed by atoms with van der Waals surface area (Å²) in [5, 5.41) is 18.7. The molecular formula is C12H10ClN3O. The Bertz CT molecular complexity index is 748. The number of rotatable bonds is 0. The Balaban J connectivity index is 2.61. The molecule has 0 saturated heterocycles. The molecule has 5 heteroatoms. The summed E-state index contributed by atoms with van der Waals surface area (Å²) in [5.74, 6) is 0.194. The highest BCUT2D eigenvalue weighted by Gasteiger charge is 2.13. The van der Waals surface area contributed by atoms with Crippen LogP contribution in [0.15, 0.2) is 12.1 Å². The maximum atomic E-state index is 9.62. The van der Waals surface area contributed by atoms with Crippen LogP contribution in [0.25, 0.3) is 21.9 Å². The van der Waals surface area contributed by atoms with E-state index in [0.717, 1.165) is 27.5 Å². The number of nitrogens with one attached hydrogen (secondary N) is 1. The van der Waals surface area contributed by atoms with E-state index in [1.165, 1.54) is 0 Å². The highest BCUT2D eigenvalue weighted by molar-refractivity contribution is 6.40. The van der Waals surface area contributed by atoms with E-state index in [1.807, 2.05) is 13.8 Å². The molecule has 0 radical (unpaired) electrons. The highest BCUT2D eigenvalue weighted by atomic mass is 35.5. The molecule has 1 aromatic carbocycles. The number of fused-ring (bicyclic) bond motifs is 2. The number of H-pyrrole nitrogens is 1. The van der Waals surface area contributed by atoms with Crippen molar-refractivity contribution in [3.8, 4) is 5.75 Å². The van der Waals surface area contributed by atoms with Crippen molar-refractivity contribution < 1.29 is 5.11 Å². The highest BCUT2D eigenvalue weighted by Crippen LogP contribution is 2.34. The molecule has 0 amide bonds. The number of phenols is 1. The molecule has 2 aromatic heterocycles. The monoisotopic (exact) mass is 247 g/mol. The first-order chi connectivity index (χ1) is 8.08. The first-order valence-corrected chi connectivity index (χ1v) is 5.59. The first-order valence-electron chi connectivity index (χ1n) is 5.21. The van der Waals surface area contributed by atoms with Crippen LogP contribution in [0.1, 0.15) is 11.3 Å². The normalized spacial score (nSPS) is 11.5. The van der Waals surface area contributed by atoms with E-state index in [-0.39, 0.29) is 5.75 Å². The molecule has 0 aliphatic rings. The van der Waals surface area contributed by atoms with Crippen molar-refractivity contribution in [2.75, 3.05) is 0 Å². The zero-order chi connectivity index (χ0) is 12.2. The average Bonchev–Trinajstić information content (AvgIpc) is 2.63. The Kier molecular flexibility index (Phi) is 2.03. The molecule has 0 fully saturated rings. The second-order valence-electron chi connectivity index (χ2n) is 4.12. The SMILES string of the molecule is Cc1cc(O)cc2c(Cl)c3c(C)n[nH]c3nc12. The molecule has 0 aliphatic carbocycles. The van der Waals surface area contributed by atoms with Crippen LogP contribution in [0, 0.1) is 13.8 Å². The summed E-state index contributed by atoms with van der Waals surface area (Å²) in [4.78, 5) is 4.49. The molecule has 0 saturated carbocycles. The fourth-order valence-corrected chi connectivity index (χ4v) is 2.46. The number of halogens is 1. The summed E-state index contributed by atoms with van der Waals surface area (Å²) in [7, 11) is 0. The van der Waals surface area contributed by atoms with Gasteiger partial charge in [0.05, 0.1) is 21.6 Å². The summed E-state index contributed by atoms with van der Waals surface area (Å²) < 4.78 is 0. The van der Waals surface area contributed by atoms with Crippen LogP contribution in [-0.4, -0.2) is 20.3 Å². The van der Waals surface area contributed by atoms with Crippen LogP contribution in [0.5, 0.6) is 5.75 Å². The third-order valence-electron chi connectivity index (χ3n) is 2.89. The standard InChI is InChI=1S/C12H10ClN3O/c1-5-3-7(17)4-8-10(13)9-6(2)15-16-12(9)14-11(5)8/h3-4,17H,1-2H3,(H,14,15,16). The molecule has 0 unspecified atom stereocenters. The summed E-state index contributed by atoms with van der Waals surface area (Å²) in [5.41, 5.74) is 3.15. The van der Waals surface area contributed by atoms with Gasteiger partial charge in [-0.25, -0.2) is 4.98 Å². The van der Waals surface area contributed by atoms with Gasteiger partial charge in [-0.1, -0.05) is 11.6 Å². The number of aromatic amines is 1. The van der Waals surface area contributed by atoms with Gasteiger partial charge in [0.1, 0.15) is 5.75 Å². The van der Waals surface area contributed by atoms with Gasteiger partial charge in [0.15, 0.2) is 5.65 Å². The smallest absolute Gasteiger partial charge is 0.157 e. The maximum absolute atomic E-state index is 9.62. The van der Waals surface area contributed by atoms with Gasteiger partial charge in [0.25, 0.3) is 0 Å². The lowest BCUT2D eigenvalue weighted by molar-refractivity contribution is 0.476. The number of hydrogen-bond acceptors (Lipinski definition) is 3. The lowest BCUT2D eigenvalue weighted by Crippen LogP contribution is -1.87. The molecular weight excluding hydrogens is 238 g/mol. The van der Waals surface area contributed by atoms with Crippen LogP contribution in [0.3, 0.4) is 0 Å². The van der Waals surface area contributed by atoms with Crippen LogP contribution in [0.2, 0.25) is 5.02 Å². The number of phenolic OH excluding ortho intramolecular Hbond substituents is 1. The zero-order valence-electron chi connectivity index (χ0n) is 9.37. The van der Waals surface area contributed by atoms with Gasteiger partial charge in [-0.05, 0) is 31.5 Å². The van der Waals surface area contributed by atoms with E-state index < -0.39 is 0 Å². The molecule has 0 spiro atoms. The molecule has 2 heterocycles. The van der Waals surface area contributed by atoms with Crippen LogP contribution in [0.4, 0.5) is 0 Å². The second-order valence-corrected chi connectivity index (χ2v) is 4.50. The average molecular weight is 248 g/mol. The minimum Gasteiger partial charge on any atom is -0.508 e. The third kappa shape index (κ3) is 1.37. The van der Waals surface area contributed by atoms with Crippen molar-refractivity contribution in [3.05, 3.63) is 28.4 Å². The molecule has 4 nitrogen and oxygen atoms in total. The number of nitrogens with zero attached hydrogens (tertiary/aromatic N) is 2. The summed E-state index contributed by atoms with van der Waals surface area (Å²) in [6, 6.07) is 3.30. The molecule has 3 rings (SSSR count). The fourth-order valence-electron chi connectivity index (χ4n) is 2.09. The molecule has 0 aliphatic heterocycles. The van der Waals surface area contributed by atoms with E-state index in [4.69, 9.17) is 11.6 Å².